The van der Waals surface area contributed by atoms with Crippen LogP contribution in [0.1, 0.15) is 112 Å². The largest absolute Gasteiger partial charge is 0.0599 e. The van der Waals surface area contributed by atoms with Crippen molar-refractivity contribution in [2.24, 2.45) is 22.7 Å². The summed E-state index contributed by atoms with van der Waals surface area (Å²) in [5.41, 5.74) is 0.861. The van der Waals surface area contributed by atoms with E-state index in [0.29, 0.717) is 10.8 Å². The van der Waals surface area contributed by atoms with Gasteiger partial charge in [0.05, 0.1) is 0 Å². The van der Waals surface area contributed by atoms with Gasteiger partial charge in [0.1, 0.15) is 0 Å². The van der Waals surface area contributed by atoms with Gasteiger partial charge in [0.25, 0.3) is 0 Å². The zero-order valence-corrected chi connectivity index (χ0v) is 15.9. The van der Waals surface area contributed by atoms with Gasteiger partial charge in [-0.05, 0) is 22.7 Å². The number of rotatable bonds is 1. The van der Waals surface area contributed by atoms with Crippen molar-refractivity contribution in [2.45, 2.75) is 112 Å². The van der Waals surface area contributed by atoms with Crippen molar-refractivity contribution in [3.63, 3.8) is 0 Å². The molecule has 1 rings (SSSR count). The van der Waals surface area contributed by atoms with Gasteiger partial charge >= 0.3 is 0 Å². The summed E-state index contributed by atoms with van der Waals surface area (Å²) in [4.78, 5) is 0. The Balaban J connectivity index is 2.75. The summed E-state index contributed by atoms with van der Waals surface area (Å²) in [6.07, 6.45) is 16.2. The van der Waals surface area contributed by atoms with Crippen LogP contribution in [-0.2, 0) is 0 Å². The third kappa shape index (κ3) is 7.20. The first-order valence-electron chi connectivity index (χ1n) is 9.73. The molecule has 0 unspecified atom stereocenters. The molecule has 0 heterocycles. The fourth-order valence-corrected chi connectivity index (χ4v) is 5.24. The van der Waals surface area contributed by atoms with Crippen LogP contribution in [0.4, 0.5) is 0 Å². The average molecular weight is 295 g/mol. The van der Waals surface area contributed by atoms with E-state index in [1.54, 1.807) is 0 Å². The molecule has 0 radical (unpaired) electrons. The summed E-state index contributed by atoms with van der Waals surface area (Å²) in [5, 5.41) is 0. The first kappa shape index (κ1) is 19.0. The molecule has 0 amide bonds. The lowest BCUT2D eigenvalue weighted by Gasteiger charge is -2.46. The highest BCUT2D eigenvalue weighted by molar-refractivity contribution is 4.88. The van der Waals surface area contributed by atoms with Crippen molar-refractivity contribution in [1.29, 1.82) is 0 Å². The van der Waals surface area contributed by atoms with Crippen LogP contribution in [0.2, 0.25) is 0 Å². The minimum Gasteiger partial charge on any atom is -0.0599 e. The lowest BCUT2D eigenvalue weighted by Crippen LogP contribution is -2.38. The number of hydrogen-bond acceptors (Lipinski definition) is 0. The maximum Gasteiger partial charge on any atom is -0.0288 e. The molecular weight excluding hydrogens is 252 g/mol. The average Bonchev–Trinajstić information content (AvgIpc) is 2.29. The fraction of sp³-hybridized carbons (Fsp3) is 1.00. The standard InChI is InChI=1S/C21H42/c1-20(2,3)19(21(4,5)6)18-16-14-12-10-8-7-9-11-13-15-17-18/h18-19H,7-17H2,1-6H3. The van der Waals surface area contributed by atoms with Crippen molar-refractivity contribution in [3.05, 3.63) is 0 Å². The maximum absolute atomic E-state index is 2.47. The first-order chi connectivity index (χ1) is 9.73. The molecule has 1 fully saturated rings. The summed E-state index contributed by atoms with van der Waals surface area (Å²) in [6, 6.07) is 0. The molecule has 0 spiro atoms. The molecule has 0 atom stereocenters. The molecule has 0 N–H and O–H groups in total. The monoisotopic (exact) mass is 294 g/mol. The molecule has 0 heteroatoms. The van der Waals surface area contributed by atoms with E-state index in [1.165, 1.54) is 70.6 Å². The Morgan fingerprint density at radius 1 is 0.524 bits per heavy atom. The maximum atomic E-state index is 2.47. The predicted octanol–water partition coefficient (Wildman–Crippen LogP) is 7.62. The molecule has 0 aliphatic heterocycles. The summed E-state index contributed by atoms with van der Waals surface area (Å²) in [5.74, 6) is 1.78. The third-order valence-electron chi connectivity index (χ3n) is 5.49. The molecule has 0 bridgehead atoms. The fourth-order valence-electron chi connectivity index (χ4n) is 5.24. The smallest absolute Gasteiger partial charge is 0.0288 e. The van der Waals surface area contributed by atoms with E-state index in [-0.39, 0.29) is 0 Å². The first-order valence-corrected chi connectivity index (χ1v) is 9.73. The van der Waals surface area contributed by atoms with Gasteiger partial charge in [-0.2, -0.15) is 0 Å². The second-order valence-corrected chi connectivity index (χ2v) is 9.73. The second-order valence-electron chi connectivity index (χ2n) is 9.73. The van der Waals surface area contributed by atoms with Gasteiger partial charge < -0.3 is 0 Å². The van der Waals surface area contributed by atoms with Crippen LogP contribution >= 0.6 is 0 Å². The Labute approximate surface area is 135 Å². The van der Waals surface area contributed by atoms with Gasteiger partial charge in [-0.15, -0.1) is 0 Å². The minimum absolute atomic E-state index is 0.431. The van der Waals surface area contributed by atoms with Crippen molar-refractivity contribution in [2.75, 3.05) is 0 Å². The molecule has 0 aromatic heterocycles. The molecule has 126 valence electrons. The van der Waals surface area contributed by atoms with Crippen LogP contribution < -0.4 is 0 Å². The Morgan fingerprint density at radius 2 is 0.810 bits per heavy atom. The van der Waals surface area contributed by atoms with Crippen molar-refractivity contribution in [1.82, 2.24) is 0 Å². The Bertz CT molecular complexity index is 237. The van der Waals surface area contributed by atoms with E-state index in [1.807, 2.05) is 0 Å². The molecule has 0 aromatic carbocycles. The lowest BCUT2D eigenvalue weighted by molar-refractivity contribution is 0.0316. The number of hydrogen-bond donors (Lipinski definition) is 0. The quantitative estimate of drug-likeness (QED) is 0.466. The molecule has 0 saturated heterocycles. The third-order valence-corrected chi connectivity index (χ3v) is 5.49. The Kier molecular flexibility index (Phi) is 7.79. The molecular formula is C21H42. The van der Waals surface area contributed by atoms with E-state index in [0.717, 1.165) is 11.8 Å². The Hall–Kier alpha value is 0. The SMILES string of the molecule is CC(C)(C)C(C1CCCCCCCCCCC1)C(C)(C)C. The van der Waals surface area contributed by atoms with Gasteiger partial charge in [0.2, 0.25) is 0 Å². The van der Waals surface area contributed by atoms with Crippen LogP contribution in [0.3, 0.4) is 0 Å². The van der Waals surface area contributed by atoms with Crippen LogP contribution in [0, 0.1) is 22.7 Å². The van der Waals surface area contributed by atoms with Crippen LogP contribution in [0.25, 0.3) is 0 Å². The van der Waals surface area contributed by atoms with Gasteiger partial charge in [0.15, 0.2) is 0 Å². The topological polar surface area (TPSA) is 0 Å². The second kappa shape index (κ2) is 8.59. The summed E-state index contributed by atoms with van der Waals surface area (Å²) in [7, 11) is 0. The van der Waals surface area contributed by atoms with E-state index in [4.69, 9.17) is 0 Å². The van der Waals surface area contributed by atoms with Gasteiger partial charge in [-0.25, -0.2) is 0 Å². The van der Waals surface area contributed by atoms with Crippen LogP contribution in [0.15, 0.2) is 0 Å². The van der Waals surface area contributed by atoms with Gasteiger partial charge in [-0.3, -0.25) is 0 Å². The molecule has 21 heavy (non-hydrogen) atoms. The summed E-state index contributed by atoms with van der Waals surface area (Å²) >= 11 is 0. The molecule has 1 aliphatic rings. The van der Waals surface area contributed by atoms with Gasteiger partial charge in [-0.1, -0.05) is 112 Å². The zero-order valence-electron chi connectivity index (χ0n) is 15.9. The van der Waals surface area contributed by atoms with Crippen molar-refractivity contribution < 1.29 is 0 Å². The molecule has 0 aromatic rings. The highest BCUT2D eigenvalue weighted by atomic mass is 14.4. The molecule has 1 aliphatic carbocycles. The van der Waals surface area contributed by atoms with E-state index in [9.17, 15) is 0 Å². The minimum atomic E-state index is 0.431. The summed E-state index contributed by atoms with van der Waals surface area (Å²) in [6.45, 7) is 14.8. The van der Waals surface area contributed by atoms with Crippen molar-refractivity contribution >= 4 is 0 Å². The van der Waals surface area contributed by atoms with Crippen LogP contribution in [0.5, 0.6) is 0 Å². The van der Waals surface area contributed by atoms with E-state index >= 15 is 0 Å². The Morgan fingerprint density at radius 3 is 1.10 bits per heavy atom. The summed E-state index contributed by atoms with van der Waals surface area (Å²) < 4.78 is 0. The van der Waals surface area contributed by atoms with E-state index < -0.39 is 0 Å². The van der Waals surface area contributed by atoms with Crippen molar-refractivity contribution in [3.8, 4) is 0 Å². The highest BCUT2D eigenvalue weighted by Crippen LogP contribution is 2.47. The van der Waals surface area contributed by atoms with Crippen LogP contribution in [-0.4, -0.2) is 0 Å². The van der Waals surface area contributed by atoms with Gasteiger partial charge in [0, 0.05) is 0 Å². The highest BCUT2D eigenvalue weighted by Gasteiger charge is 2.39. The zero-order chi connectivity index (χ0) is 15.9. The molecule has 0 nitrogen and oxygen atoms in total. The normalized spacial score (nSPS) is 21.9. The lowest BCUT2D eigenvalue weighted by atomic mass is 9.59. The molecule has 1 saturated carbocycles. The predicted molar refractivity (Wildman–Crippen MR) is 96.7 cm³/mol. The van der Waals surface area contributed by atoms with E-state index in [2.05, 4.69) is 41.5 Å².